The summed E-state index contributed by atoms with van der Waals surface area (Å²) < 4.78 is 32.2. The van der Waals surface area contributed by atoms with Crippen molar-refractivity contribution in [3.8, 4) is 0 Å². The van der Waals surface area contributed by atoms with Gasteiger partial charge in [0.2, 0.25) is 0 Å². The molecule has 0 unspecified atom stereocenters. The fraction of sp³-hybridized carbons (Fsp3) is 0.591. The van der Waals surface area contributed by atoms with Crippen LogP contribution < -0.4 is 10.8 Å². The minimum atomic E-state index is -1.02. The highest BCUT2D eigenvalue weighted by molar-refractivity contribution is 6.62. The Morgan fingerprint density at radius 1 is 1.06 bits per heavy atom. The lowest BCUT2D eigenvalue weighted by Gasteiger charge is -2.32. The molecule has 0 aliphatic carbocycles. The molecular formula is C22H31BFN3O4. The molecular weight excluding hydrogens is 400 g/mol. The Hall–Kier alpha value is -2.26. The molecule has 0 atom stereocenters. The van der Waals surface area contributed by atoms with Crippen molar-refractivity contribution >= 4 is 18.5 Å². The number of aromatic nitrogens is 2. The topological polar surface area (TPSA) is 86.5 Å². The number of hydrogen-bond donors (Lipinski definition) is 1. The largest absolute Gasteiger partial charge is 0.494 e. The maximum Gasteiger partial charge on any atom is 0.494 e. The van der Waals surface area contributed by atoms with E-state index >= 15 is 4.39 Å². The van der Waals surface area contributed by atoms with E-state index in [2.05, 4.69) is 15.5 Å². The standard InChI is InChI=1S/C22H31BFN3O4/c1-19(2,3)18-25-17(29-27-18)16(28)26-20(4,5)14-11-10-13(12-15(14)24)23-30-21(6,7)22(8,9)31-23/h10-12H,1-9H3,(H,26,28). The minimum Gasteiger partial charge on any atom is -0.399 e. The van der Waals surface area contributed by atoms with Gasteiger partial charge in [-0.25, -0.2) is 4.39 Å². The second-order valence-electron chi connectivity index (χ2n) is 10.6. The molecule has 0 spiro atoms. The van der Waals surface area contributed by atoms with Crippen LogP contribution in [0.3, 0.4) is 0 Å². The predicted molar refractivity (Wildman–Crippen MR) is 116 cm³/mol. The maximum absolute atomic E-state index is 15.1. The molecule has 1 fully saturated rings. The van der Waals surface area contributed by atoms with Gasteiger partial charge in [0.1, 0.15) is 5.82 Å². The molecule has 31 heavy (non-hydrogen) atoms. The van der Waals surface area contributed by atoms with Gasteiger partial charge in [-0.05, 0) is 53.1 Å². The Morgan fingerprint density at radius 2 is 1.65 bits per heavy atom. The summed E-state index contributed by atoms with van der Waals surface area (Å²) in [5.74, 6) is -0.776. The Morgan fingerprint density at radius 3 is 2.13 bits per heavy atom. The first-order valence-corrected chi connectivity index (χ1v) is 10.4. The third kappa shape index (κ3) is 4.53. The molecule has 0 bridgehead atoms. The third-order valence-electron chi connectivity index (χ3n) is 5.91. The van der Waals surface area contributed by atoms with Crippen molar-refractivity contribution in [2.45, 2.75) is 84.5 Å². The highest BCUT2D eigenvalue weighted by atomic mass is 19.1. The molecule has 0 saturated carbocycles. The highest BCUT2D eigenvalue weighted by Gasteiger charge is 2.51. The van der Waals surface area contributed by atoms with Gasteiger partial charge in [-0.3, -0.25) is 4.79 Å². The van der Waals surface area contributed by atoms with Crippen molar-refractivity contribution < 1.29 is 23.0 Å². The Labute approximate surface area is 183 Å². The normalized spacial score (nSPS) is 18.3. The molecule has 9 heteroatoms. The molecule has 1 amide bonds. The zero-order valence-corrected chi connectivity index (χ0v) is 19.7. The molecule has 0 radical (unpaired) electrons. The van der Waals surface area contributed by atoms with E-state index in [1.807, 2.05) is 48.5 Å². The van der Waals surface area contributed by atoms with Gasteiger partial charge in [0, 0.05) is 11.0 Å². The quantitative estimate of drug-likeness (QED) is 0.747. The molecule has 1 aliphatic rings. The van der Waals surface area contributed by atoms with E-state index < -0.39 is 35.6 Å². The number of rotatable bonds is 4. The van der Waals surface area contributed by atoms with Crippen LogP contribution in [0.5, 0.6) is 0 Å². The van der Waals surface area contributed by atoms with Gasteiger partial charge in [-0.15, -0.1) is 0 Å². The highest BCUT2D eigenvalue weighted by Crippen LogP contribution is 2.36. The summed E-state index contributed by atoms with van der Waals surface area (Å²) in [6, 6.07) is 4.76. The zero-order valence-electron chi connectivity index (χ0n) is 19.7. The molecule has 1 saturated heterocycles. The van der Waals surface area contributed by atoms with E-state index in [0.717, 1.165) is 0 Å². The maximum atomic E-state index is 15.1. The van der Waals surface area contributed by atoms with Crippen LogP contribution in [-0.4, -0.2) is 34.4 Å². The molecule has 1 aromatic carbocycles. The summed E-state index contributed by atoms with van der Waals surface area (Å²) >= 11 is 0. The lowest BCUT2D eigenvalue weighted by Crippen LogP contribution is -2.42. The number of carbonyl (C=O) groups excluding carboxylic acids is 1. The first kappa shape index (κ1) is 23.4. The molecule has 3 rings (SSSR count). The Bertz CT molecular complexity index is 979. The van der Waals surface area contributed by atoms with E-state index in [-0.39, 0.29) is 11.3 Å². The van der Waals surface area contributed by atoms with E-state index in [1.165, 1.54) is 6.07 Å². The van der Waals surface area contributed by atoms with Gasteiger partial charge < -0.3 is 19.1 Å². The van der Waals surface area contributed by atoms with Gasteiger partial charge >= 0.3 is 18.9 Å². The Balaban J connectivity index is 1.79. The average molecular weight is 431 g/mol. The number of amides is 1. The van der Waals surface area contributed by atoms with Crippen LogP contribution in [0.4, 0.5) is 4.39 Å². The summed E-state index contributed by atoms with van der Waals surface area (Å²) in [4.78, 5) is 16.8. The number of benzene rings is 1. The number of halogens is 1. The van der Waals surface area contributed by atoms with Crippen molar-refractivity contribution in [1.82, 2.24) is 15.5 Å². The van der Waals surface area contributed by atoms with Crippen molar-refractivity contribution in [2.24, 2.45) is 0 Å². The van der Waals surface area contributed by atoms with E-state index in [9.17, 15) is 4.79 Å². The van der Waals surface area contributed by atoms with Crippen LogP contribution >= 0.6 is 0 Å². The lowest BCUT2D eigenvalue weighted by atomic mass is 9.77. The first-order valence-electron chi connectivity index (χ1n) is 10.4. The summed E-state index contributed by atoms with van der Waals surface area (Å²) in [6.45, 7) is 16.9. The molecule has 168 valence electrons. The molecule has 2 heterocycles. The van der Waals surface area contributed by atoms with Crippen molar-refractivity contribution in [1.29, 1.82) is 0 Å². The fourth-order valence-electron chi connectivity index (χ4n) is 3.19. The van der Waals surface area contributed by atoms with Gasteiger partial charge in [-0.1, -0.05) is 38.1 Å². The minimum absolute atomic E-state index is 0.160. The van der Waals surface area contributed by atoms with E-state index in [1.54, 1.807) is 26.0 Å². The van der Waals surface area contributed by atoms with Gasteiger partial charge in [-0.2, -0.15) is 4.98 Å². The van der Waals surface area contributed by atoms with Crippen LogP contribution in [-0.2, 0) is 20.3 Å². The SMILES string of the molecule is CC(C)(C)c1noc(C(=O)NC(C)(C)c2ccc(B3OC(C)(C)C(C)(C)O3)cc2F)n1. The van der Waals surface area contributed by atoms with Crippen LogP contribution in [0, 0.1) is 5.82 Å². The average Bonchev–Trinajstić information content (AvgIpc) is 3.17. The summed E-state index contributed by atoms with van der Waals surface area (Å²) in [5.41, 5.74) is -1.52. The Kier molecular flexibility index (Phi) is 5.60. The number of carbonyl (C=O) groups is 1. The summed E-state index contributed by atoms with van der Waals surface area (Å²) in [7, 11) is -0.666. The number of nitrogens with zero attached hydrogens (tertiary/aromatic N) is 2. The third-order valence-corrected chi connectivity index (χ3v) is 5.91. The predicted octanol–water partition coefficient (Wildman–Crippen LogP) is 3.47. The van der Waals surface area contributed by atoms with E-state index in [0.29, 0.717) is 16.9 Å². The molecule has 1 N–H and O–H groups in total. The monoisotopic (exact) mass is 431 g/mol. The van der Waals surface area contributed by atoms with Gasteiger partial charge in [0.05, 0.1) is 16.7 Å². The van der Waals surface area contributed by atoms with Crippen molar-refractivity contribution in [2.75, 3.05) is 0 Å². The number of hydrogen-bond acceptors (Lipinski definition) is 6. The van der Waals surface area contributed by atoms with Crippen LogP contribution in [0.2, 0.25) is 0 Å². The molecule has 7 nitrogen and oxygen atoms in total. The van der Waals surface area contributed by atoms with Crippen molar-refractivity contribution in [3.05, 3.63) is 41.3 Å². The lowest BCUT2D eigenvalue weighted by molar-refractivity contribution is 0.00578. The van der Waals surface area contributed by atoms with Crippen LogP contribution in [0.25, 0.3) is 0 Å². The molecule has 1 aromatic heterocycles. The molecule has 2 aromatic rings. The van der Waals surface area contributed by atoms with Crippen LogP contribution in [0.15, 0.2) is 22.7 Å². The summed E-state index contributed by atoms with van der Waals surface area (Å²) in [6.07, 6.45) is 0. The van der Waals surface area contributed by atoms with E-state index in [4.69, 9.17) is 13.8 Å². The van der Waals surface area contributed by atoms with Crippen LogP contribution in [0.1, 0.15) is 84.4 Å². The van der Waals surface area contributed by atoms with Gasteiger partial charge in [0.25, 0.3) is 0 Å². The second kappa shape index (κ2) is 7.41. The van der Waals surface area contributed by atoms with Gasteiger partial charge in [0.15, 0.2) is 5.82 Å². The molecule has 1 aliphatic heterocycles. The smallest absolute Gasteiger partial charge is 0.399 e. The second-order valence-corrected chi connectivity index (χ2v) is 10.6. The first-order chi connectivity index (χ1) is 14.0. The summed E-state index contributed by atoms with van der Waals surface area (Å²) in [5, 5.41) is 6.63. The fourth-order valence-corrected chi connectivity index (χ4v) is 3.19. The zero-order chi connectivity index (χ0) is 23.4. The van der Waals surface area contributed by atoms with Crippen molar-refractivity contribution in [3.63, 3.8) is 0 Å². The number of nitrogens with one attached hydrogen (secondary N) is 1.